The van der Waals surface area contributed by atoms with Gasteiger partial charge in [-0.1, -0.05) is 18.2 Å². The van der Waals surface area contributed by atoms with Gasteiger partial charge in [0.25, 0.3) is 5.78 Å². The van der Waals surface area contributed by atoms with Crippen molar-refractivity contribution in [2.45, 2.75) is 13.5 Å². The van der Waals surface area contributed by atoms with Crippen LogP contribution in [0.15, 0.2) is 77.6 Å². The molecule has 9 heteroatoms. The fourth-order valence-corrected chi connectivity index (χ4v) is 4.11. The van der Waals surface area contributed by atoms with Gasteiger partial charge in [-0.05, 0) is 36.2 Å². The fraction of sp³-hybridized carbons (Fsp3) is 0.143. The smallest absolute Gasteiger partial charge is 0.251 e. The van der Waals surface area contributed by atoms with Crippen molar-refractivity contribution in [3.05, 3.63) is 84.4 Å². The van der Waals surface area contributed by atoms with Crippen LogP contribution in [0.3, 0.4) is 0 Å². The van der Waals surface area contributed by atoms with E-state index in [2.05, 4.69) is 26.1 Å². The summed E-state index contributed by atoms with van der Waals surface area (Å²) in [6.07, 6.45) is 5.27. The van der Waals surface area contributed by atoms with Crippen molar-refractivity contribution in [3.63, 3.8) is 0 Å². The highest BCUT2D eigenvalue weighted by atomic mass is 16.5. The van der Waals surface area contributed by atoms with Crippen LogP contribution in [-0.4, -0.2) is 38.8 Å². The van der Waals surface area contributed by atoms with E-state index >= 15 is 0 Å². The Balaban J connectivity index is 1.30. The first-order valence-corrected chi connectivity index (χ1v) is 11.6. The monoisotopic (exact) mass is 493 g/mol. The molecular formula is C28H23N5O4. The largest absolute Gasteiger partial charge is 0.496 e. The zero-order valence-corrected chi connectivity index (χ0v) is 20.5. The lowest BCUT2D eigenvalue weighted by atomic mass is 10.1. The molecule has 0 saturated heterocycles. The van der Waals surface area contributed by atoms with Crippen LogP contribution in [0.2, 0.25) is 0 Å². The highest BCUT2D eigenvalue weighted by Crippen LogP contribution is 2.37. The number of ether oxygens (including phenoxy) is 3. The number of aromatic nitrogens is 5. The van der Waals surface area contributed by atoms with Crippen molar-refractivity contribution < 1.29 is 18.6 Å². The van der Waals surface area contributed by atoms with E-state index in [1.807, 2.05) is 55.5 Å². The van der Waals surface area contributed by atoms with Crippen LogP contribution in [0.4, 0.5) is 0 Å². The minimum absolute atomic E-state index is 0.363. The number of rotatable bonds is 7. The number of methoxy groups -OCH3 is 2. The lowest BCUT2D eigenvalue weighted by molar-refractivity contribution is 0.307. The van der Waals surface area contributed by atoms with Crippen molar-refractivity contribution in [1.82, 2.24) is 24.6 Å². The molecule has 0 aliphatic rings. The van der Waals surface area contributed by atoms with Crippen LogP contribution in [-0.2, 0) is 6.61 Å². The number of pyridine rings is 1. The maximum absolute atomic E-state index is 6.27. The van der Waals surface area contributed by atoms with E-state index in [9.17, 15) is 0 Å². The lowest BCUT2D eigenvalue weighted by Gasteiger charge is -2.10. The molecule has 37 heavy (non-hydrogen) atoms. The van der Waals surface area contributed by atoms with E-state index < -0.39 is 0 Å². The molecule has 0 amide bonds. The molecule has 2 aromatic carbocycles. The summed E-state index contributed by atoms with van der Waals surface area (Å²) in [6.45, 7) is 2.24. The van der Waals surface area contributed by atoms with Gasteiger partial charge in [0.05, 0.1) is 37.7 Å². The average Bonchev–Trinajstić information content (AvgIpc) is 3.56. The fourth-order valence-electron chi connectivity index (χ4n) is 4.11. The lowest BCUT2D eigenvalue weighted by Crippen LogP contribution is -1.97. The number of hydrogen-bond acceptors (Lipinski definition) is 8. The number of imidazole rings is 1. The molecule has 0 bridgehead atoms. The summed E-state index contributed by atoms with van der Waals surface area (Å²) in [7, 11) is 3.22. The van der Waals surface area contributed by atoms with Gasteiger partial charge in [0.2, 0.25) is 5.88 Å². The van der Waals surface area contributed by atoms with Gasteiger partial charge in [-0.3, -0.25) is 0 Å². The summed E-state index contributed by atoms with van der Waals surface area (Å²) < 4.78 is 24.7. The third kappa shape index (κ3) is 4.42. The molecule has 9 nitrogen and oxygen atoms in total. The molecule has 0 N–H and O–H groups in total. The predicted molar refractivity (Wildman–Crippen MR) is 138 cm³/mol. The van der Waals surface area contributed by atoms with Crippen molar-refractivity contribution in [1.29, 1.82) is 0 Å². The quantitative estimate of drug-likeness (QED) is 0.287. The van der Waals surface area contributed by atoms with E-state index in [0.717, 1.165) is 27.8 Å². The Morgan fingerprint density at radius 2 is 1.84 bits per heavy atom. The van der Waals surface area contributed by atoms with Gasteiger partial charge in [-0.15, -0.1) is 0 Å². The van der Waals surface area contributed by atoms with E-state index in [1.54, 1.807) is 37.3 Å². The number of benzene rings is 2. The number of nitrogens with zero attached hydrogens (tertiary/aromatic N) is 5. The molecule has 0 saturated carbocycles. The van der Waals surface area contributed by atoms with E-state index in [4.69, 9.17) is 18.6 Å². The number of hydrogen-bond donors (Lipinski definition) is 0. The molecular weight excluding hydrogens is 470 g/mol. The van der Waals surface area contributed by atoms with Gasteiger partial charge in [-0.2, -0.15) is 5.10 Å². The Kier molecular flexibility index (Phi) is 5.65. The zero-order chi connectivity index (χ0) is 25.4. The van der Waals surface area contributed by atoms with Crippen LogP contribution in [0.1, 0.15) is 11.3 Å². The molecule has 0 atom stereocenters. The van der Waals surface area contributed by atoms with E-state index in [0.29, 0.717) is 46.8 Å². The second-order valence-electron chi connectivity index (χ2n) is 8.50. The highest BCUT2D eigenvalue weighted by Gasteiger charge is 2.16. The van der Waals surface area contributed by atoms with Crippen molar-refractivity contribution >= 4 is 16.7 Å². The first-order chi connectivity index (χ1) is 18.1. The zero-order valence-electron chi connectivity index (χ0n) is 20.5. The molecule has 6 aromatic rings. The summed E-state index contributed by atoms with van der Waals surface area (Å²) in [5, 5.41) is 5.24. The van der Waals surface area contributed by atoms with Crippen molar-refractivity contribution in [2.24, 2.45) is 0 Å². The van der Waals surface area contributed by atoms with Gasteiger partial charge in [0, 0.05) is 30.0 Å². The van der Waals surface area contributed by atoms with Crippen LogP contribution in [0.25, 0.3) is 39.3 Å². The Bertz CT molecular complexity index is 1720. The maximum Gasteiger partial charge on any atom is 0.251 e. The summed E-state index contributed by atoms with van der Waals surface area (Å²) >= 11 is 0. The molecule has 4 aromatic heterocycles. The van der Waals surface area contributed by atoms with Crippen LogP contribution >= 0.6 is 0 Å². The molecule has 0 spiro atoms. The van der Waals surface area contributed by atoms with Gasteiger partial charge in [0.1, 0.15) is 29.4 Å². The second-order valence-corrected chi connectivity index (χ2v) is 8.50. The van der Waals surface area contributed by atoms with Crippen molar-refractivity contribution in [3.8, 4) is 40.0 Å². The Morgan fingerprint density at radius 1 is 0.919 bits per heavy atom. The van der Waals surface area contributed by atoms with Gasteiger partial charge in [-0.25, -0.2) is 19.5 Å². The molecule has 0 radical (unpaired) electrons. The topological polar surface area (TPSA) is 96.8 Å². The van der Waals surface area contributed by atoms with Gasteiger partial charge < -0.3 is 18.6 Å². The van der Waals surface area contributed by atoms with Gasteiger partial charge >= 0.3 is 0 Å². The first-order valence-electron chi connectivity index (χ1n) is 11.6. The standard InChI is InChI=1S/C28H23N5O4/c1-17-13-30-28-31-23(15-33(28)32-17)26-12-22-24(10-21(34-2)11-25(22)37-26)36-16-18-5-4-6-19(9-18)20-7-8-27(35-3)29-14-20/h4-15H,16H2,1-3H3. The SMILES string of the molecule is COc1cc(OCc2cccc(-c3ccc(OC)nc3)c2)c2cc(-c3cn4nc(C)cnc4n3)oc2c1. The third-order valence-electron chi connectivity index (χ3n) is 5.96. The second kappa shape index (κ2) is 9.27. The summed E-state index contributed by atoms with van der Waals surface area (Å²) in [5.74, 6) is 2.96. The Labute approximate surface area is 212 Å². The minimum Gasteiger partial charge on any atom is -0.496 e. The Morgan fingerprint density at radius 3 is 2.65 bits per heavy atom. The van der Waals surface area contributed by atoms with Crippen LogP contribution in [0, 0.1) is 6.92 Å². The molecule has 6 rings (SSSR count). The number of fused-ring (bicyclic) bond motifs is 2. The molecule has 0 fully saturated rings. The van der Waals surface area contributed by atoms with Crippen LogP contribution in [0.5, 0.6) is 17.4 Å². The summed E-state index contributed by atoms with van der Waals surface area (Å²) in [5.41, 5.74) is 5.12. The molecule has 0 aliphatic carbocycles. The van der Waals surface area contributed by atoms with E-state index in [-0.39, 0.29) is 0 Å². The molecule has 0 aliphatic heterocycles. The summed E-state index contributed by atoms with van der Waals surface area (Å²) in [6, 6.07) is 17.6. The normalized spacial score (nSPS) is 11.2. The van der Waals surface area contributed by atoms with Gasteiger partial charge in [0.15, 0.2) is 5.76 Å². The Hall–Kier alpha value is -4.92. The molecule has 184 valence electrons. The van der Waals surface area contributed by atoms with Crippen LogP contribution < -0.4 is 14.2 Å². The average molecular weight is 494 g/mol. The minimum atomic E-state index is 0.363. The summed E-state index contributed by atoms with van der Waals surface area (Å²) in [4.78, 5) is 13.2. The maximum atomic E-state index is 6.27. The number of aryl methyl sites for hydroxylation is 1. The number of furan rings is 1. The third-order valence-corrected chi connectivity index (χ3v) is 5.96. The molecule has 4 heterocycles. The highest BCUT2D eigenvalue weighted by molar-refractivity contribution is 5.89. The van der Waals surface area contributed by atoms with E-state index in [1.165, 1.54) is 0 Å². The van der Waals surface area contributed by atoms with Crippen molar-refractivity contribution in [2.75, 3.05) is 14.2 Å². The molecule has 0 unspecified atom stereocenters. The predicted octanol–water partition coefficient (Wildman–Crippen LogP) is 5.50. The first kappa shape index (κ1) is 22.5.